The molecule has 2 aromatic carbocycles. The maximum Gasteiger partial charge on any atom is 0.335 e. The van der Waals surface area contributed by atoms with E-state index in [4.69, 9.17) is 11.6 Å². The number of rotatable bonds is 2. The number of benzene rings is 2. The van der Waals surface area contributed by atoms with Gasteiger partial charge in [-0.1, -0.05) is 11.6 Å². The zero-order valence-electron chi connectivity index (χ0n) is 14.4. The molecule has 7 heteroatoms. The monoisotopic (exact) mass is 384 g/mol. The molecular formula is C20H17ClN2O4. The number of aromatic carboxylic acids is 1. The minimum Gasteiger partial charge on any atom is -0.478 e. The molecule has 0 radical (unpaired) electrons. The highest BCUT2D eigenvalue weighted by Crippen LogP contribution is 2.45. The van der Waals surface area contributed by atoms with Gasteiger partial charge in [-0.3, -0.25) is 9.59 Å². The van der Waals surface area contributed by atoms with Gasteiger partial charge in [-0.05, 0) is 60.9 Å². The minimum absolute atomic E-state index is 0.0977. The van der Waals surface area contributed by atoms with Crippen LogP contribution in [-0.2, 0) is 10.2 Å². The first kappa shape index (κ1) is 17.5. The van der Waals surface area contributed by atoms with Crippen molar-refractivity contribution in [2.24, 2.45) is 0 Å². The Hall–Kier alpha value is -2.86. The topological polar surface area (TPSA) is 86.7 Å². The smallest absolute Gasteiger partial charge is 0.335 e. The van der Waals surface area contributed by atoms with Crippen LogP contribution in [0.15, 0.2) is 42.5 Å². The van der Waals surface area contributed by atoms with Crippen LogP contribution >= 0.6 is 11.6 Å². The molecule has 0 saturated carbocycles. The highest BCUT2D eigenvalue weighted by atomic mass is 35.5. The number of fused-ring (bicyclic) bond motifs is 2. The Balaban J connectivity index is 1.57. The fourth-order valence-corrected chi connectivity index (χ4v) is 4.04. The first-order valence-electron chi connectivity index (χ1n) is 8.65. The number of hydrogen-bond acceptors (Lipinski definition) is 3. The van der Waals surface area contributed by atoms with E-state index in [1.54, 1.807) is 41.3 Å². The van der Waals surface area contributed by atoms with E-state index in [9.17, 15) is 19.5 Å². The molecule has 1 spiro atoms. The summed E-state index contributed by atoms with van der Waals surface area (Å²) in [5.74, 6) is -1.25. The number of amides is 2. The first-order chi connectivity index (χ1) is 12.9. The SMILES string of the molecule is O=C(O)c1ccc2c(c1)C1(CCN(C(=O)c3ccc(Cl)cc3)CC1)C(=O)N2. The lowest BCUT2D eigenvalue weighted by Gasteiger charge is -2.38. The number of likely N-dealkylation sites (tertiary alicyclic amines) is 1. The van der Waals surface area contributed by atoms with Gasteiger partial charge in [-0.15, -0.1) is 0 Å². The number of nitrogens with one attached hydrogen (secondary N) is 1. The second kappa shape index (κ2) is 6.39. The Kier molecular flexibility index (Phi) is 4.15. The quantitative estimate of drug-likeness (QED) is 0.832. The van der Waals surface area contributed by atoms with Gasteiger partial charge in [0, 0.05) is 29.4 Å². The van der Waals surface area contributed by atoms with Gasteiger partial charge in [0.05, 0.1) is 11.0 Å². The normalized spacial score (nSPS) is 17.5. The average Bonchev–Trinajstić information content (AvgIpc) is 2.93. The molecule has 2 aliphatic rings. The second-order valence-electron chi connectivity index (χ2n) is 6.90. The summed E-state index contributed by atoms with van der Waals surface area (Å²) < 4.78 is 0. The van der Waals surface area contributed by atoms with Crippen molar-refractivity contribution in [1.29, 1.82) is 0 Å². The van der Waals surface area contributed by atoms with Gasteiger partial charge in [-0.25, -0.2) is 4.79 Å². The fourth-order valence-electron chi connectivity index (χ4n) is 3.91. The Bertz CT molecular complexity index is 947. The van der Waals surface area contributed by atoms with Gasteiger partial charge in [0.15, 0.2) is 0 Å². The molecule has 2 amide bonds. The summed E-state index contributed by atoms with van der Waals surface area (Å²) in [5, 5.41) is 12.7. The van der Waals surface area contributed by atoms with Crippen LogP contribution in [0.5, 0.6) is 0 Å². The van der Waals surface area contributed by atoms with E-state index in [0.717, 1.165) is 0 Å². The second-order valence-corrected chi connectivity index (χ2v) is 7.34. The van der Waals surface area contributed by atoms with Gasteiger partial charge >= 0.3 is 5.97 Å². The Labute approximate surface area is 160 Å². The van der Waals surface area contributed by atoms with Crippen molar-refractivity contribution in [2.45, 2.75) is 18.3 Å². The van der Waals surface area contributed by atoms with Crippen molar-refractivity contribution < 1.29 is 19.5 Å². The number of nitrogens with zero attached hydrogens (tertiary/aromatic N) is 1. The molecule has 2 aliphatic heterocycles. The molecule has 0 aliphatic carbocycles. The van der Waals surface area contributed by atoms with Crippen LogP contribution in [0.2, 0.25) is 5.02 Å². The van der Waals surface area contributed by atoms with E-state index in [0.29, 0.717) is 47.8 Å². The molecule has 0 bridgehead atoms. The van der Waals surface area contributed by atoms with Gasteiger partial charge in [0.2, 0.25) is 5.91 Å². The number of halogens is 1. The van der Waals surface area contributed by atoms with E-state index in [2.05, 4.69) is 5.32 Å². The van der Waals surface area contributed by atoms with Gasteiger partial charge in [0.1, 0.15) is 0 Å². The lowest BCUT2D eigenvalue weighted by atomic mass is 9.73. The molecule has 6 nitrogen and oxygen atoms in total. The Morgan fingerprint density at radius 3 is 2.30 bits per heavy atom. The summed E-state index contributed by atoms with van der Waals surface area (Å²) in [6, 6.07) is 11.4. The van der Waals surface area contributed by atoms with E-state index < -0.39 is 11.4 Å². The summed E-state index contributed by atoms with van der Waals surface area (Å²) in [6.07, 6.45) is 0.905. The van der Waals surface area contributed by atoms with E-state index >= 15 is 0 Å². The number of hydrogen-bond donors (Lipinski definition) is 2. The van der Waals surface area contributed by atoms with Gasteiger partial charge < -0.3 is 15.3 Å². The number of carbonyl (C=O) groups excluding carboxylic acids is 2. The van der Waals surface area contributed by atoms with Crippen molar-refractivity contribution in [3.8, 4) is 0 Å². The summed E-state index contributed by atoms with van der Waals surface area (Å²) >= 11 is 5.87. The summed E-state index contributed by atoms with van der Waals surface area (Å²) in [6.45, 7) is 0.844. The number of anilines is 1. The van der Waals surface area contributed by atoms with Crippen molar-refractivity contribution in [1.82, 2.24) is 4.90 Å². The van der Waals surface area contributed by atoms with E-state index in [1.807, 2.05) is 0 Å². The third-order valence-corrected chi connectivity index (χ3v) is 5.71. The highest BCUT2D eigenvalue weighted by Gasteiger charge is 2.49. The van der Waals surface area contributed by atoms with Crippen molar-refractivity contribution in [2.75, 3.05) is 18.4 Å². The molecule has 4 rings (SSSR count). The number of carbonyl (C=O) groups is 3. The van der Waals surface area contributed by atoms with E-state index in [-0.39, 0.29) is 17.4 Å². The van der Waals surface area contributed by atoms with Gasteiger partial charge in [0.25, 0.3) is 5.91 Å². The molecule has 1 fully saturated rings. The predicted octanol–water partition coefficient (Wildman–Crippen LogP) is 3.16. The maximum atomic E-state index is 12.7. The molecule has 2 aromatic rings. The van der Waals surface area contributed by atoms with Crippen molar-refractivity contribution in [3.63, 3.8) is 0 Å². The van der Waals surface area contributed by atoms with Crippen LogP contribution in [0.4, 0.5) is 5.69 Å². The molecule has 2 N–H and O–H groups in total. The number of carboxylic acid groups (broad SMARTS) is 1. The molecule has 0 atom stereocenters. The fraction of sp³-hybridized carbons (Fsp3) is 0.250. The van der Waals surface area contributed by atoms with Crippen LogP contribution in [0.25, 0.3) is 0 Å². The first-order valence-corrected chi connectivity index (χ1v) is 9.03. The largest absolute Gasteiger partial charge is 0.478 e. The van der Waals surface area contributed by atoms with Gasteiger partial charge in [-0.2, -0.15) is 0 Å². The molecule has 0 unspecified atom stereocenters. The standard InChI is InChI=1S/C20H17ClN2O4/c21-14-4-1-12(2-5-14)17(24)23-9-7-20(8-10-23)15-11-13(18(25)26)3-6-16(15)22-19(20)27/h1-6,11H,7-10H2,(H,22,27)(H,25,26). The van der Waals surface area contributed by atoms with Crippen LogP contribution < -0.4 is 5.32 Å². The third kappa shape index (κ3) is 2.86. The zero-order chi connectivity index (χ0) is 19.2. The summed E-state index contributed by atoms with van der Waals surface area (Å²) in [5.41, 5.74) is 1.30. The Morgan fingerprint density at radius 1 is 1.04 bits per heavy atom. The van der Waals surface area contributed by atoms with Crippen LogP contribution in [0.3, 0.4) is 0 Å². The zero-order valence-corrected chi connectivity index (χ0v) is 15.1. The van der Waals surface area contributed by atoms with Crippen LogP contribution in [0.1, 0.15) is 39.1 Å². The minimum atomic E-state index is -1.03. The molecule has 1 saturated heterocycles. The average molecular weight is 385 g/mol. The molecule has 27 heavy (non-hydrogen) atoms. The number of carboxylic acids is 1. The molecule has 138 valence electrons. The number of piperidine rings is 1. The summed E-state index contributed by atoms with van der Waals surface area (Å²) in [7, 11) is 0. The maximum absolute atomic E-state index is 12.7. The Morgan fingerprint density at radius 2 is 1.67 bits per heavy atom. The summed E-state index contributed by atoms with van der Waals surface area (Å²) in [4.78, 5) is 38.4. The lowest BCUT2D eigenvalue weighted by Crippen LogP contribution is -2.48. The van der Waals surface area contributed by atoms with Crippen molar-refractivity contribution >= 4 is 35.1 Å². The molecular weight excluding hydrogens is 368 g/mol. The van der Waals surface area contributed by atoms with E-state index in [1.165, 1.54) is 6.07 Å². The molecule has 0 aromatic heterocycles. The molecule has 2 heterocycles. The van der Waals surface area contributed by atoms with Crippen LogP contribution in [0, 0.1) is 0 Å². The van der Waals surface area contributed by atoms with Crippen molar-refractivity contribution in [3.05, 3.63) is 64.2 Å². The predicted molar refractivity (Wildman–Crippen MR) is 100 cm³/mol. The van der Waals surface area contributed by atoms with Crippen LogP contribution in [-0.4, -0.2) is 40.9 Å². The third-order valence-electron chi connectivity index (χ3n) is 5.46. The lowest BCUT2D eigenvalue weighted by molar-refractivity contribution is -0.122. The highest BCUT2D eigenvalue weighted by molar-refractivity contribution is 6.30.